The molecule has 0 spiro atoms. The van der Waals surface area contributed by atoms with Crippen molar-refractivity contribution in [1.29, 1.82) is 0 Å². The molecule has 178 valence electrons. The van der Waals surface area contributed by atoms with Crippen molar-refractivity contribution < 1.29 is 41.1 Å². The van der Waals surface area contributed by atoms with Crippen molar-refractivity contribution >= 4 is 34.9 Å². The number of pyridine rings is 1. The van der Waals surface area contributed by atoms with Gasteiger partial charge in [0.15, 0.2) is 0 Å². The summed E-state index contributed by atoms with van der Waals surface area (Å²) in [6, 6.07) is 4.32. The number of carboxylic acids is 1. The van der Waals surface area contributed by atoms with Crippen molar-refractivity contribution in [2.75, 3.05) is 0 Å². The fourth-order valence-corrected chi connectivity index (χ4v) is 3.77. The molecule has 1 N–H and O–H groups in total. The zero-order chi connectivity index (χ0) is 24.9. The minimum Gasteiger partial charge on any atom is -0.478 e. The van der Waals surface area contributed by atoms with E-state index in [-0.39, 0.29) is 16.8 Å². The molecule has 1 aromatic carbocycles. The number of aromatic carboxylic acids is 1. The van der Waals surface area contributed by atoms with Gasteiger partial charge >= 0.3 is 18.3 Å². The van der Waals surface area contributed by atoms with Crippen LogP contribution in [0.5, 0.6) is 0 Å². The number of hydrogen-bond donors (Lipinski definition) is 1. The van der Waals surface area contributed by atoms with Gasteiger partial charge in [-0.15, -0.1) is 0 Å². The van der Waals surface area contributed by atoms with Crippen LogP contribution in [0.2, 0.25) is 5.02 Å². The number of imidazole rings is 1. The monoisotopic (exact) mass is 503 g/mol. The maximum Gasteiger partial charge on any atom is 0.435 e. The zero-order valence-corrected chi connectivity index (χ0v) is 17.4. The standard InChI is InChI=1S/C21H12ClF6N3O3/c22-13-6-11(5-12(7-13)20(23,24)25)19(21(26,27)28)8-14(30-34-19)1-2-15-3-4-16(18(32)33)17-9-29-10-31(15)17/h1-7,9-10H,8H2,(H,32,33)/b2-1+. The van der Waals surface area contributed by atoms with Gasteiger partial charge in [-0.2, -0.15) is 26.3 Å². The minimum atomic E-state index is -5.12. The van der Waals surface area contributed by atoms with Gasteiger partial charge in [-0.1, -0.05) is 16.8 Å². The lowest BCUT2D eigenvalue weighted by Gasteiger charge is -2.30. The van der Waals surface area contributed by atoms with Crippen molar-refractivity contribution in [2.45, 2.75) is 24.4 Å². The highest BCUT2D eigenvalue weighted by molar-refractivity contribution is 6.30. The lowest BCUT2D eigenvalue weighted by Crippen LogP contribution is -2.42. The van der Waals surface area contributed by atoms with Crippen LogP contribution in [0.25, 0.3) is 11.6 Å². The molecule has 0 amide bonds. The van der Waals surface area contributed by atoms with E-state index in [0.29, 0.717) is 17.8 Å². The molecule has 0 fully saturated rings. The Morgan fingerprint density at radius 3 is 2.53 bits per heavy atom. The number of alkyl halides is 6. The Balaban J connectivity index is 1.69. The Bertz CT molecular complexity index is 1350. The quantitative estimate of drug-likeness (QED) is 0.446. The summed E-state index contributed by atoms with van der Waals surface area (Å²) in [5.41, 5.74) is -4.98. The molecule has 13 heteroatoms. The van der Waals surface area contributed by atoms with Crippen molar-refractivity contribution in [3.8, 4) is 0 Å². The second-order valence-corrected chi connectivity index (χ2v) is 7.80. The topological polar surface area (TPSA) is 76.2 Å². The maximum atomic E-state index is 14.1. The SMILES string of the molecule is O=C(O)c1ccc(/C=C/C2=NOC(c3cc(Cl)cc(C(F)(F)F)c3)(C(F)(F)F)C2)n2cncc12. The number of hydrogen-bond acceptors (Lipinski definition) is 4. The second-order valence-electron chi connectivity index (χ2n) is 7.36. The molecule has 0 radical (unpaired) electrons. The third kappa shape index (κ3) is 4.09. The van der Waals surface area contributed by atoms with Gasteiger partial charge in [0, 0.05) is 22.7 Å². The molecule has 1 aliphatic heterocycles. The van der Waals surface area contributed by atoms with Crippen LogP contribution in [0.4, 0.5) is 26.3 Å². The molecule has 6 nitrogen and oxygen atoms in total. The molecular weight excluding hydrogens is 492 g/mol. The van der Waals surface area contributed by atoms with E-state index in [1.54, 1.807) is 0 Å². The number of halogens is 7. The second kappa shape index (κ2) is 8.05. The minimum absolute atomic E-state index is 0.0336. The average Bonchev–Trinajstić information content (AvgIpc) is 3.38. The van der Waals surface area contributed by atoms with E-state index >= 15 is 0 Å². The summed E-state index contributed by atoms with van der Waals surface area (Å²) < 4.78 is 83.1. The number of allylic oxidation sites excluding steroid dienone is 1. The lowest BCUT2D eigenvalue weighted by atomic mass is 9.87. The first-order valence-electron chi connectivity index (χ1n) is 9.38. The van der Waals surface area contributed by atoms with Gasteiger partial charge in [0.1, 0.15) is 0 Å². The van der Waals surface area contributed by atoms with E-state index in [4.69, 9.17) is 16.4 Å². The van der Waals surface area contributed by atoms with E-state index in [1.165, 1.54) is 41.2 Å². The average molecular weight is 504 g/mol. The van der Waals surface area contributed by atoms with E-state index in [9.17, 15) is 36.2 Å². The summed E-state index contributed by atoms with van der Waals surface area (Å²) >= 11 is 5.68. The summed E-state index contributed by atoms with van der Waals surface area (Å²) in [6.07, 6.45) is -5.79. The summed E-state index contributed by atoms with van der Waals surface area (Å²) in [5.74, 6) is -1.19. The number of fused-ring (bicyclic) bond motifs is 1. The molecular formula is C21H12ClF6N3O3. The van der Waals surface area contributed by atoms with Crippen molar-refractivity contribution in [3.05, 3.63) is 76.3 Å². The fourth-order valence-electron chi connectivity index (χ4n) is 3.54. The highest BCUT2D eigenvalue weighted by Crippen LogP contribution is 2.49. The molecule has 0 saturated carbocycles. The molecule has 3 heterocycles. The first kappa shape index (κ1) is 23.6. The summed E-state index contributed by atoms with van der Waals surface area (Å²) in [7, 11) is 0. The van der Waals surface area contributed by atoms with Gasteiger partial charge in [-0.05, 0) is 42.5 Å². The third-order valence-corrected chi connectivity index (χ3v) is 5.41. The van der Waals surface area contributed by atoms with Gasteiger partial charge in [-0.3, -0.25) is 4.40 Å². The molecule has 0 bridgehead atoms. The number of carboxylic acid groups (broad SMARTS) is 1. The van der Waals surface area contributed by atoms with Crippen LogP contribution in [0.3, 0.4) is 0 Å². The number of carbonyl (C=O) groups is 1. The van der Waals surface area contributed by atoms with Crippen LogP contribution < -0.4 is 0 Å². The van der Waals surface area contributed by atoms with Gasteiger partial charge in [-0.25, -0.2) is 9.78 Å². The predicted octanol–water partition coefficient (Wildman–Crippen LogP) is 5.95. The van der Waals surface area contributed by atoms with Crippen LogP contribution in [0, 0.1) is 0 Å². The van der Waals surface area contributed by atoms with Gasteiger partial charge in [0.05, 0.1) is 34.9 Å². The van der Waals surface area contributed by atoms with E-state index in [0.717, 1.165) is 6.07 Å². The van der Waals surface area contributed by atoms with Crippen LogP contribution in [-0.2, 0) is 16.6 Å². The summed E-state index contributed by atoms with van der Waals surface area (Å²) in [5, 5.41) is 12.2. The van der Waals surface area contributed by atoms with E-state index < -0.39 is 46.5 Å². The normalized spacial score (nSPS) is 19.0. The van der Waals surface area contributed by atoms with Crippen molar-refractivity contribution in [3.63, 3.8) is 0 Å². The largest absolute Gasteiger partial charge is 0.478 e. The fraction of sp³-hybridized carbons (Fsp3) is 0.190. The highest BCUT2D eigenvalue weighted by Gasteiger charge is 2.62. The smallest absolute Gasteiger partial charge is 0.435 e. The van der Waals surface area contributed by atoms with E-state index in [1.807, 2.05) is 0 Å². The first-order chi connectivity index (χ1) is 15.8. The molecule has 2 aromatic heterocycles. The Morgan fingerprint density at radius 1 is 1.15 bits per heavy atom. The van der Waals surface area contributed by atoms with Crippen molar-refractivity contribution in [2.24, 2.45) is 5.16 Å². The summed E-state index contributed by atoms with van der Waals surface area (Å²) in [4.78, 5) is 19.9. The molecule has 0 aliphatic carbocycles. The molecule has 1 atom stereocenters. The Labute approximate surface area is 191 Å². The van der Waals surface area contributed by atoms with Crippen molar-refractivity contribution in [1.82, 2.24) is 9.38 Å². The highest BCUT2D eigenvalue weighted by atomic mass is 35.5. The number of benzene rings is 1. The van der Waals surface area contributed by atoms with Crippen LogP contribution in [0.1, 0.15) is 33.6 Å². The molecule has 4 rings (SSSR count). The first-order valence-corrected chi connectivity index (χ1v) is 9.76. The number of rotatable bonds is 4. The zero-order valence-electron chi connectivity index (χ0n) is 16.7. The Morgan fingerprint density at radius 2 is 1.88 bits per heavy atom. The van der Waals surface area contributed by atoms with E-state index in [2.05, 4.69) is 10.1 Å². The van der Waals surface area contributed by atoms with Crippen LogP contribution in [0.15, 0.2) is 54.1 Å². The summed E-state index contributed by atoms with van der Waals surface area (Å²) in [6.45, 7) is 0. The van der Waals surface area contributed by atoms with Gasteiger partial charge < -0.3 is 9.94 Å². The van der Waals surface area contributed by atoms with Crippen LogP contribution in [-0.4, -0.2) is 32.3 Å². The lowest BCUT2D eigenvalue weighted by molar-refractivity contribution is -0.276. The predicted molar refractivity (Wildman–Crippen MR) is 109 cm³/mol. The third-order valence-electron chi connectivity index (χ3n) is 5.19. The van der Waals surface area contributed by atoms with Crippen LogP contribution >= 0.6 is 11.6 Å². The molecule has 1 unspecified atom stereocenters. The molecule has 1 aliphatic rings. The number of nitrogens with zero attached hydrogens (tertiary/aromatic N) is 3. The molecule has 3 aromatic rings. The maximum absolute atomic E-state index is 14.1. The Kier molecular flexibility index (Phi) is 5.59. The molecule has 0 saturated heterocycles. The van der Waals surface area contributed by atoms with Gasteiger partial charge in [0.25, 0.3) is 5.60 Å². The Hall–Kier alpha value is -3.54. The number of oxime groups is 1. The molecule has 34 heavy (non-hydrogen) atoms. The van der Waals surface area contributed by atoms with Gasteiger partial charge in [0.2, 0.25) is 0 Å². The number of aromatic nitrogens is 2.